The van der Waals surface area contributed by atoms with Crippen molar-refractivity contribution in [2.45, 2.75) is 26.7 Å². The summed E-state index contributed by atoms with van der Waals surface area (Å²) in [4.78, 5) is 26.0. The van der Waals surface area contributed by atoms with Gasteiger partial charge in [0.25, 0.3) is 0 Å². The number of carbonyl (C=O) groups is 2. The molecule has 0 spiro atoms. The van der Waals surface area contributed by atoms with Gasteiger partial charge < -0.3 is 9.47 Å². The molecule has 0 amide bonds. The van der Waals surface area contributed by atoms with Gasteiger partial charge in [-0.15, -0.1) is 0 Å². The summed E-state index contributed by atoms with van der Waals surface area (Å²) in [5.74, 6) is -0.562. The summed E-state index contributed by atoms with van der Waals surface area (Å²) in [5.41, 5.74) is 1.26. The first kappa shape index (κ1) is 20.1. The number of rotatable bonds is 6. The number of nitrogens with zero attached hydrogens (tertiary/aromatic N) is 2. The van der Waals surface area contributed by atoms with Crippen LogP contribution in [0.5, 0.6) is 0 Å². The summed E-state index contributed by atoms with van der Waals surface area (Å²) in [7, 11) is 0. The maximum atomic E-state index is 11.0. The smallest absolute Gasteiger partial charge is 0.316 e. The molecule has 0 atom stereocenters. The average molecular weight is 347 g/mol. The summed E-state index contributed by atoms with van der Waals surface area (Å²) >= 11 is 0. The fraction of sp³-hybridized carbons (Fsp3) is 0.333. The van der Waals surface area contributed by atoms with Crippen LogP contribution in [0.2, 0.25) is 0 Å². The normalized spacial score (nSPS) is 9.52. The van der Waals surface area contributed by atoms with Gasteiger partial charge in [0, 0.05) is 23.1 Å². The van der Waals surface area contributed by atoms with Crippen LogP contribution in [0.25, 0.3) is 0 Å². The third kappa shape index (κ3) is 8.45. The van der Waals surface area contributed by atoms with Gasteiger partial charge in [0.05, 0.1) is 25.3 Å². The lowest BCUT2D eigenvalue weighted by Crippen LogP contribution is -2.35. The molecule has 0 radical (unpaired) electrons. The van der Waals surface area contributed by atoms with Gasteiger partial charge in [-0.3, -0.25) is 19.8 Å². The molecule has 134 valence electrons. The Balaban J connectivity index is 0.000000251. The van der Waals surface area contributed by atoms with Crippen molar-refractivity contribution in [2.75, 3.05) is 13.2 Å². The molecular weight excluding hydrogens is 324 g/mol. The van der Waals surface area contributed by atoms with Crippen LogP contribution in [0, 0.1) is 0 Å². The number of esters is 2. The van der Waals surface area contributed by atoms with Crippen molar-refractivity contribution in [3.05, 3.63) is 60.2 Å². The molecule has 0 aliphatic heterocycles. The standard InChI is InChI=1S/C9H12NO3.C9H11NO2/c1-2-13-9(11)7-8-5-3-4-6-10(8)12;1-2-12-9(11)7-8-5-3-4-6-10-8/h3-6,12H,2,7H2,1H3;3-6H,2,7H2,1H3/q+1;. The highest BCUT2D eigenvalue weighted by Crippen LogP contribution is 1.96. The number of ether oxygens (including phenoxy) is 2. The van der Waals surface area contributed by atoms with Gasteiger partial charge in [-0.25, -0.2) is 0 Å². The van der Waals surface area contributed by atoms with Crippen LogP contribution in [0.4, 0.5) is 0 Å². The molecule has 0 aliphatic carbocycles. The fourth-order valence-corrected chi connectivity index (χ4v) is 1.83. The maximum Gasteiger partial charge on any atom is 0.316 e. The summed E-state index contributed by atoms with van der Waals surface area (Å²) in [5, 5.41) is 9.24. The van der Waals surface area contributed by atoms with Crippen LogP contribution < -0.4 is 4.73 Å². The van der Waals surface area contributed by atoms with Gasteiger partial charge in [0.15, 0.2) is 0 Å². The average Bonchev–Trinajstić information content (AvgIpc) is 2.59. The zero-order valence-electron chi connectivity index (χ0n) is 14.4. The molecule has 2 aromatic rings. The van der Waals surface area contributed by atoms with Crippen molar-refractivity contribution in [3.8, 4) is 0 Å². The third-order valence-corrected chi connectivity index (χ3v) is 2.91. The Bertz CT molecular complexity index is 662. The van der Waals surface area contributed by atoms with E-state index in [0.717, 1.165) is 10.4 Å². The molecule has 2 aromatic heterocycles. The van der Waals surface area contributed by atoms with E-state index in [-0.39, 0.29) is 24.8 Å². The second-order valence-corrected chi connectivity index (χ2v) is 4.82. The molecule has 0 unspecified atom stereocenters. The first-order valence-corrected chi connectivity index (χ1v) is 7.96. The van der Waals surface area contributed by atoms with Gasteiger partial charge >= 0.3 is 11.9 Å². The number of pyridine rings is 2. The SMILES string of the molecule is CCOC(=O)Cc1cccc[n+]1O.CCOC(=O)Cc1ccccn1. The lowest BCUT2D eigenvalue weighted by Gasteiger charge is -1.99. The van der Waals surface area contributed by atoms with Crippen LogP contribution in [-0.2, 0) is 31.9 Å². The van der Waals surface area contributed by atoms with Gasteiger partial charge in [0.2, 0.25) is 11.9 Å². The fourth-order valence-electron chi connectivity index (χ4n) is 1.83. The molecule has 7 heteroatoms. The van der Waals surface area contributed by atoms with Gasteiger partial charge in [-0.1, -0.05) is 6.07 Å². The Morgan fingerprint density at radius 1 is 1.00 bits per heavy atom. The Morgan fingerprint density at radius 2 is 1.64 bits per heavy atom. The highest BCUT2D eigenvalue weighted by molar-refractivity contribution is 5.72. The highest BCUT2D eigenvalue weighted by Gasteiger charge is 2.13. The zero-order valence-corrected chi connectivity index (χ0v) is 14.4. The molecule has 0 bridgehead atoms. The number of hydrogen-bond donors (Lipinski definition) is 1. The molecule has 25 heavy (non-hydrogen) atoms. The number of carbonyl (C=O) groups excluding carboxylic acids is 2. The first-order chi connectivity index (χ1) is 12.1. The van der Waals surface area contributed by atoms with E-state index in [1.807, 2.05) is 12.1 Å². The topological polar surface area (TPSA) is 89.6 Å². The minimum Gasteiger partial charge on any atom is -0.466 e. The molecule has 2 rings (SSSR count). The summed E-state index contributed by atoms with van der Waals surface area (Å²) < 4.78 is 10.4. The van der Waals surface area contributed by atoms with E-state index in [1.165, 1.54) is 6.20 Å². The Kier molecular flexibility index (Phi) is 9.28. The Hall–Kier alpha value is -2.96. The van der Waals surface area contributed by atoms with Crippen molar-refractivity contribution < 1.29 is 29.0 Å². The van der Waals surface area contributed by atoms with Crippen LogP contribution in [0.1, 0.15) is 25.2 Å². The van der Waals surface area contributed by atoms with Crippen molar-refractivity contribution in [1.82, 2.24) is 4.98 Å². The first-order valence-electron chi connectivity index (χ1n) is 7.96. The van der Waals surface area contributed by atoms with Gasteiger partial charge in [-0.05, 0) is 32.0 Å². The monoisotopic (exact) mass is 347 g/mol. The van der Waals surface area contributed by atoms with Crippen molar-refractivity contribution in [3.63, 3.8) is 0 Å². The molecule has 0 saturated carbocycles. The summed E-state index contributed by atoms with van der Waals surface area (Å²) in [6, 6.07) is 10.6. The highest BCUT2D eigenvalue weighted by atomic mass is 16.5. The van der Waals surface area contributed by atoms with Gasteiger partial charge in [0.1, 0.15) is 6.42 Å². The van der Waals surface area contributed by atoms with Crippen molar-refractivity contribution in [2.24, 2.45) is 0 Å². The largest absolute Gasteiger partial charge is 0.466 e. The van der Waals surface area contributed by atoms with E-state index in [0.29, 0.717) is 18.9 Å². The molecular formula is C18H23N2O5+. The van der Waals surface area contributed by atoms with Crippen molar-refractivity contribution >= 4 is 11.9 Å². The zero-order chi connectivity index (χ0) is 18.5. The molecule has 0 fully saturated rings. The third-order valence-electron chi connectivity index (χ3n) is 2.91. The number of aromatic nitrogens is 2. The lowest BCUT2D eigenvalue weighted by molar-refractivity contribution is -0.909. The van der Waals surface area contributed by atoms with Crippen LogP contribution in [0.15, 0.2) is 48.8 Å². The molecule has 0 aliphatic rings. The molecule has 0 aromatic carbocycles. The van der Waals surface area contributed by atoms with E-state index >= 15 is 0 Å². The van der Waals surface area contributed by atoms with E-state index in [9.17, 15) is 14.8 Å². The molecule has 2 heterocycles. The van der Waals surface area contributed by atoms with Crippen LogP contribution in [-0.4, -0.2) is 35.3 Å². The number of hydrogen-bond acceptors (Lipinski definition) is 6. The Morgan fingerprint density at radius 3 is 2.20 bits per heavy atom. The van der Waals surface area contributed by atoms with E-state index in [4.69, 9.17) is 9.47 Å². The summed E-state index contributed by atoms with van der Waals surface area (Å²) in [6.45, 7) is 4.31. The van der Waals surface area contributed by atoms with E-state index in [1.54, 1.807) is 44.3 Å². The summed E-state index contributed by atoms with van der Waals surface area (Å²) in [6.07, 6.45) is 3.48. The van der Waals surface area contributed by atoms with Crippen LogP contribution >= 0.6 is 0 Å². The van der Waals surface area contributed by atoms with Gasteiger partial charge in [-0.2, -0.15) is 0 Å². The van der Waals surface area contributed by atoms with Crippen molar-refractivity contribution in [1.29, 1.82) is 0 Å². The predicted molar refractivity (Wildman–Crippen MR) is 88.7 cm³/mol. The maximum absolute atomic E-state index is 11.0. The molecule has 0 saturated heterocycles. The second kappa shape index (κ2) is 11.6. The minimum atomic E-state index is -0.337. The van der Waals surface area contributed by atoms with Crippen LogP contribution in [0.3, 0.4) is 0 Å². The Labute approximate surface area is 146 Å². The van der Waals surface area contributed by atoms with E-state index < -0.39 is 0 Å². The quantitative estimate of drug-likeness (QED) is 0.484. The second-order valence-electron chi connectivity index (χ2n) is 4.82. The molecule has 1 N–H and O–H groups in total. The lowest BCUT2D eigenvalue weighted by atomic mass is 10.3. The predicted octanol–water partition coefficient (Wildman–Crippen LogP) is 1.50. The minimum absolute atomic E-state index is 0.0885. The van der Waals surface area contributed by atoms with E-state index in [2.05, 4.69) is 4.98 Å². The molecule has 7 nitrogen and oxygen atoms in total.